The number of nitro benzene ring substituents is 1. The smallest absolute Gasteiger partial charge is 0.458 e. The maximum absolute atomic E-state index is 14.4. The van der Waals surface area contributed by atoms with Crippen LogP contribution < -0.4 is 31.3 Å². The molecule has 2 aliphatic heterocycles. The fourth-order valence-electron chi connectivity index (χ4n) is 7.20. The van der Waals surface area contributed by atoms with Crippen LogP contribution in [0.1, 0.15) is 48.6 Å². The number of nitro groups is 1. The van der Waals surface area contributed by atoms with Crippen molar-refractivity contribution >= 4 is 65.7 Å². The van der Waals surface area contributed by atoms with E-state index in [1.54, 1.807) is 74.5 Å². The third-order valence-electron chi connectivity index (χ3n) is 10.7. The number of non-ortho nitro benzene ring substituents is 1. The van der Waals surface area contributed by atoms with Crippen LogP contribution in [-0.4, -0.2) is 93.0 Å². The highest BCUT2D eigenvalue weighted by atomic mass is 32.2. The van der Waals surface area contributed by atoms with E-state index in [0.717, 1.165) is 16.7 Å². The molecule has 2 heterocycles. The van der Waals surface area contributed by atoms with Crippen molar-refractivity contribution in [3.63, 3.8) is 0 Å². The van der Waals surface area contributed by atoms with Crippen LogP contribution in [0.4, 0.5) is 15.3 Å². The number of carbonyl (C=O) groups is 8. The van der Waals surface area contributed by atoms with Crippen LogP contribution in [-0.2, 0) is 62.8 Å². The molecular formula is C45H45N7O14S. The summed E-state index contributed by atoms with van der Waals surface area (Å²) >= 11 is 1.11. The average molecular weight is 940 g/mol. The van der Waals surface area contributed by atoms with Gasteiger partial charge in [-0.15, -0.1) is 11.8 Å². The number of nitrogens with zero attached hydrogens (tertiary/aromatic N) is 2. The van der Waals surface area contributed by atoms with Gasteiger partial charge in [-0.1, -0.05) is 72.8 Å². The van der Waals surface area contributed by atoms with Gasteiger partial charge < -0.3 is 45.5 Å². The van der Waals surface area contributed by atoms with Gasteiger partial charge in [0.15, 0.2) is 0 Å². The van der Waals surface area contributed by atoms with E-state index in [0.29, 0.717) is 16.7 Å². The van der Waals surface area contributed by atoms with Crippen molar-refractivity contribution in [1.82, 2.24) is 31.5 Å². The van der Waals surface area contributed by atoms with Crippen LogP contribution in [0.15, 0.2) is 109 Å². The Balaban J connectivity index is 1.21. The second-order valence-electron chi connectivity index (χ2n) is 15.5. The second-order valence-corrected chi connectivity index (χ2v) is 17.2. The molecule has 67 heavy (non-hydrogen) atoms. The Labute approximate surface area is 386 Å². The number of carbonyl (C=O) groups excluding carboxylic acids is 8. The van der Waals surface area contributed by atoms with Crippen molar-refractivity contribution in [1.29, 1.82) is 0 Å². The molecule has 0 aromatic heterocycles. The third-order valence-corrected chi connectivity index (χ3v) is 12.3. The van der Waals surface area contributed by atoms with Crippen LogP contribution in [0.25, 0.3) is 0 Å². The summed E-state index contributed by atoms with van der Waals surface area (Å²) in [5.41, 5.74) is -0.362. The van der Waals surface area contributed by atoms with Gasteiger partial charge >= 0.3 is 18.2 Å². The zero-order valence-electron chi connectivity index (χ0n) is 36.1. The Kier molecular flexibility index (Phi) is 15.4. The van der Waals surface area contributed by atoms with Crippen LogP contribution in [0.5, 0.6) is 5.75 Å². The van der Waals surface area contributed by atoms with Gasteiger partial charge in [-0.25, -0.2) is 14.4 Å². The van der Waals surface area contributed by atoms with Crippen LogP contribution in [0, 0.1) is 10.1 Å². The molecule has 4 aromatic rings. The molecule has 0 bridgehead atoms. The molecule has 22 heteroatoms. The van der Waals surface area contributed by atoms with Crippen molar-refractivity contribution < 1.29 is 62.2 Å². The number of rotatable bonds is 19. The summed E-state index contributed by atoms with van der Waals surface area (Å²) in [6.45, 7) is 2.65. The molecule has 0 aliphatic carbocycles. The first kappa shape index (κ1) is 48.4. The molecule has 0 radical (unpaired) electrons. The number of ether oxygens (including phenoxy) is 4. The van der Waals surface area contributed by atoms with E-state index in [4.69, 9.17) is 18.9 Å². The Morgan fingerprint density at radius 2 is 1.37 bits per heavy atom. The summed E-state index contributed by atoms with van der Waals surface area (Å²) in [4.78, 5) is 118. The molecular weight excluding hydrogens is 895 g/mol. The van der Waals surface area contributed by atoms with Gasteiger partial charge in [0, 0.05) is 19.2 Å². The predicted octanol–water partition coefficient (Wildman–Crippen LogP) is 3.26. The number of amides is 6. The van der Waals surface area contributed by atoms with E-state index in [-0.39, 0.29) is 43.2 Å². The van der Waals surface area contributed by atoms with Crippen molar-refractivity contribution in [2.24, 2.45) is 0 Å². The highest BCUT2D eigenvalue weighted by Gasteiger charge is 2.74. The SMILES string of the molecule is CNC(=O)CC(NC(=O)OCc1ccc([N+](=O)[O-])cc1)C(=O)NC(C(=O)N[C@@H]1C(=O)N2[C@@H]1SC(C)(C)[C@]2(NC=O)C(=O)OCc1ccccc1)c1ccc(OC(=O)OCc2ccccc2)cc1. The standard InChI is InChI=1S/C45H45N7O14S/c1-44(2)45(47-26-53,41(58)63-23-27-10-6-4-7-11-27)51-39(57)36(40(51)67-44)50-38(56)35(30-16-20-32(21-17-30)66-43(60)65-25-28-12-8-5-9-13-28)49-37(55)33(22-34(54)46-3)48-42(59)64-24-29-14-18-31(19-15-29)52(61)62/h4-21,26,33,35-36,40H,22-25H2,1-3H3,(H,46,54)(H,47,53)(H,48,59)(H,49,55)(H,50,56)/t33?,35?,36-,40-,45+/m1/s1. The number of esters is 1. The molecule has 6 rings (SSSR count). The quantitative estimate of drug-likeness (QED) is 0.0172. The lowest BCUT2D eigenvalue weighted by Crippen LogP contribution is -2.80. The number of thioether (sulfide) groups is 1. The summed E-state index contributed by atoms with van der Waals surface area (Å²) in [5.74, 6) is -4.37. The predicted molar refractivity (Wildman–Crippen MR) is 236 cm³/mol. The van der Waals surface area contributed by atoms with Gasteiger partial charge in [-0.05, 0) is 60.4 Å². The number of alkyl carbamates (subject to hydrolysis) is 1. The minimum Gasteiger partial charge on any atom is -0.458 e. The zero-order valence-corrected chi connectivity index (χ0v) is 36.9. The topological polar surface area (TPSA) is 280 Å². The fourth-order valence-corrected chi connectivity index (χ4v) is 8.91. The Morgan fingerprint density at radius 3 is 1.96 bits per heavy atom. The third kappa shape index (κ3) is 11.3. The molecule has 350 valence electrons. The molecule has 2 fully saturated rings. The lowest BCUT2D eigenvalue weighted by molar-refractivity contribution is -0.384. The van der Waals surface area contributed by atoms with Crippen molar-refractivity contribution in [2.45, 2.75) is 74.0 Å². The van der Waals surface area contributed by atoms with Crippen LogP contribution in [0.3, 0.4) is 0 Å². The molecule has 2 aliphatic rings. The Morgan fingerprint density at radius 1 is 0.791 bits per heavy atom. The summed E-state index contributed by atoms with van der Waals surface area (Å²) in [6.07, 6.45) is -2.53. The largest absolute Gasteiger partial charge is 0.514 e. The molecule has 5 N–H and O–H groups in total. The summed E-state index contributed by atoms with van der Waals surface area (Å²) in [7, 11) is 1.30. The van der Waals surface area contributed by atoms with E-state index in [1.807, 2.05) is 0 Å². The highest BCUT2D eigenvalue weighted by Crippen LogP contribution is 2.56. The maximum Gasteiger partial charge on any atom is 0.514 e. The maximum atomic E-state index is 14.4. The number of fused-ring (bicyclic) bond motifs is 1. The molecule has 2 unspecified atom stereocenters. The normalized spacial score (nSPS) is 18.6. The fraction of sp³-hybridized carbons (Fsp3) is 0.289. The first-order valence-corrected chi connectivity index (χ1v) is 21.3. The number of β-lactam (4-membered cyclic amide) rings is 1. The van der Waals surface area contributed by atoms with Crippen LogP contribution in [0.2, 0.25) is 0 Å². The van der Waals surface area contributed by atoms with Crippen molar-refractivity contribution in [2.75, 3.05) is 7.05 Å². The van der Waals surface area contributed by atoms with Gasteiger partial charge in [-0.2, -0.15) is 0 Å². The van der Waals surface area contributed by atoms with Gasteiger partial charge in [0.2, 0.25) is 29.8 Å². The lowest BCUT2D eigenvalue weighted by atomic mass is 9.88. The monoisotopic (exact) mass is 939 g/mol. The van der Waals surface area contributed by atoms with Gasteiger partial charge in [0.25, 0.3) is 11.6 Å². The molecule has 21 nitrogen and oxygen atoms in total. The summed E-state index contributed by atoms with van der Waals surface area (Å²) < 4.78 is 20.1. The molecule has 2 saturated heterocycles. The molecule has 0 saturated carbocycles. The van der Waals surface area contributed by atoms with E-state index < -0.39 is 87.1 Å². The molecule has 5 atom stereocenters. The first-order chi connectivity index (χ1) is 32.1. The number of nitrogens with one attached hydrogen (secondary N) is 5. The van der Waals surface area contributed by atoms with Crippen molar-refractivity contribution in [3.05, 3.63) is 142 Å². The Hall–Kier alpha value is -8.01. The van der Waals surface area contributed by atoms with Gasteiger partial charge in [-0.3, -0.25) is 39.0 Å². The minimum atomic E-state index is -1.99. The number of hydrogen-bond donors (Lipinski definition) is 5. The average Bonchev–Trinajstić information content (AvgIpc) is 3.54. The van der Waals surface area contributed by atoms with E-state index in [1.165, 1.54) is 55.6 Å². The van der Waals surface area contributed by atoms with Crippen LogP contribution >= 0.6 is 11.8 Å². The summed E-state index contributed by atoms with van der Waals surface area (Å²) in [5, 5.41) is 22.4. The zero-order chi connectivity index (χ0) is 48.3. The Bertz CT molecular complexity index is 2500. The molecule has 4 aromatic carbocycles. The summed E-state index contributed by atoms with van der Waals surface area (Å²) in [6, 6.07) is 23.5. The number of hydrogen-bond acceptors (Lipinski definition) is 15. The molecule has 6 amide bonds. The van der Waals surface area contributed by atoms with Gasteiger partial charge in [0.1, 0.15) is 49.1 Å². The van der Waals surface area contributed by atoms with Gasteiger partial charge in [0.05, 0.1) is 16.1 Å². The lowest BCUT2D eigenvalue weighted by Gasteiger charge is -2.49. The molecule has 0 spiro atoms. The number of benzene rings is 4. The van der Waals surface area contributed by atoms with E-state index in [9.17, 15) is 48.5 Å². The second kappa shape index (κ2) is 21.3. The van der Waals surface area contributed by atoms with E-state index in [2.05, 4.69) is 26.6 Å². The van der Waals surface area contributed by atoms with Crippen molar-refractivity contribution in [3.8, 4) is 5.75 Å². The minimum absolute atomic E-state index is 0.00482. The first-order valence-electron chi connectivity index (χ1n) is 20.5. The van der Waals surface area contributed by atoms with E-state index >= 15 is 0 Å². The highest BCUT2D eigenvalue weighted by molar-refractivity contribution is 8.01.